The number of benzene rings is 1. The van der Waals surface area contributed by atoms with Gasteiger partial charge in [-0.2, -0.15) is 13.2 Å². The number of aliphatic hydroxyl groups excluding tert-OH is 1. The second-order valence-corrected chi connectivity index (χ2v) is 4.09. The summed E-state index contributed by atoms with van der Waals surface area (Å²) in [7, 11) is 0. The molecule has 0 saturated heterocycles. The molecule has 1 N–H and O–H groups in total. The van der Waals surface area contributed by atoms with E-state index in [-0.39, 0.29) is 23.3 Å². The number of halogens is 3. The predicted octanol–water partition coefficient (Wildman–Crippen LogP) is 3.22. The number of thioether (sulfide) groups is 1. The third kappa shape index (κ3) is 4.57. The number of alkyl halides is 3. The summed E-state index contributed by atoms with van der Waals surface area (Å²) in [6.45, 7) is -0.00891. The maximum atomic E-state index is 12.2. The summed E-state index contributed by atoms with van der Waals surface area (Å²) in [5.41, 5.74) is -3.62. The van der Waals surface area contributed by atoms with Crippen LogP contribution in [0.2, 0.25) is 0 Å². The van der Waals surface area contributed by atoms with Crippen LogP contribution >= 0.6 is 11.8 Å². The smallest absolute Gasteiger partial charge is 0.396 e. The minimum atomic E-state index is -4.25. The standard InChI is InChI=1S/C10H11F3OS/c11-10(12,13)15-9-6-2-1-4-8(9)5-3-7-14/h1-2,4,6,14H,3,5,7H2. The first-order chi connectivity index (χ1) is 7.03. The summed E-state index contributed by atoms with van der Waals surface area (Å²) in [5.74, 6) is 0. The van der Waals surface area contributed by atoms with Crippen molar-refractivity contribution in [3.63, 3.8) is 0 Å². The summed E-state index contributed by atoms with van der Waals surface area (Å²) in [6, 6.07) is 6.39. The third-order valence-corrected chi connectivity index (χ3v) is 2.65. The van der Waals surface area contributed by atoms with Crippen LogP contribution in [0.4, 0.5) is 13.2 Å². The monoisotopic (exact) mass is 236 g/mol. The van der Waals surface area contributed by atoms with Gasteiger partial charge in [0, 0.05) is 11.5 Å². The van der Waals surface area contributed by atoms with Crippen molar-refractivity contribution >= 4 is 11.8 Å². The van der Waals surface area contributed by atoms with Gasteiger partial charge in [0.05, 0.1) is 0 Å². The number of rotatable bonds is 4. The fraction of sp³-hybridized carbons (Fsp3) is 0.400. The zero-order chi connectivity index (χ0) is 11.3. The summed E-state index contributed by atoms with van der Waals surface area (Å²) < 4.78 is 36.5. The first-order valence-electron chi connectivity index (χ1n) is 4.47. The zero-order valence-electron chi connectivity index (χ0n) is 7.92. The lowest BCUT2D eigenvalue weighted by Gasteiger charge is -2.10. The summed E-state index contributed by atoms with van der Waals surface area (Å²) in [4.78, 5) is 0.221. The summed E-state index contributed by atoms with van der Waals surface area (Å²) >= 11 is -0.104. The van der Waals surface area contributed by atoms with Crippen molar-refractivity contribution in [3.8, 4) is 0 Å². The van der Waals surface area contributed by atoms with Crippen molar-refractivity contribution in [3.05, 3.63) is 29.8 Å². The van der Waals surface area contributed by atoms with Crippen molar-refractivity contribution in [2.75, 3.05) is 6.61 Å². The van der Waals surface area contributed by atoms with E-state index in [1.54, 1.807) is 18.2 Å². The van der Waals surface area contributed by atoms with Crippen molar-refractivity contribution in [1.82, 2.24) is 0 Å². The van der Waals surface area contributed by atoms with Crippen molar-refractivity contribution < 1.29 is 18.3 Å². The highest BCUT2D eigenvalue weighted by Crippen LogP contribution is 2.38. The van der Waals surface area contributed by atoms with Crippen molar-refractivity contribution in [2.45, 2.75) is 23.2 Å². The van der Waals surface area contributed by atoms with E-state index < -0.39 is 5.51 Å². The molecule has 0 bridgehead atoms. The lowest BCUT2D eigenvalue weighted by Crippen LogP contribution is -2.01. The molecule has 0 unspecified atom stereocenters. The van der Waals surface area contributed by atoms with Gasteiger partial charge in [-0.3, -0.25) is 0 Å². The van der Waals surface area contributed by atoms with Gasteiger partial charge in [0.15, 0.2) is 0 Å². The van der Waals surface area contributed by atoms with Gasteiger partial charge < -0.3 is 5.11 Å². The minimum Gasteiger partial charge on any atom is -0.396 e. The number of hydrogen-bond donors (Lipinski definition) is 1. The van der Waals surface area contributed by atoms with E-state index in [1.165, 1.54) is 6.07 Å². The van der Waals surface area contributed by atoms with Gasteiger partial charge in [0.2, 0.25) is 0 Å². The summed E-state index contributed by atoms with van der Waals surface area (Å²) in [5, 5.41) is 8.62. The van der Waals surface area contributed by atoms with E-state index in [0.29, 0.717) is 18.4 Å². The van der Waals surface area contributed by atoms with Gasteiger partial charge in [-0.1, -0.05) is 18.2 Å². The Morgan fingerprint density at radius 3 is 2.47 bits per heavy atom. The average Bonchev–Trinajstić information content (AvgIpc) is 2.14. The molecule has 1 aromatic rings. The Hall–Kier alpha value is -0.680. The van der Waals surface area contributed by atoms with E-state index in [9.17, 15) is 13.2 Å². The molecule has 84 valence electrons. The molecule has 0 aliphatic carbocycles. The topological polar surface area (TPSA) is 20.2 Å². The second kappa shape index (κ2) is 5.42. The highest BCUT2D eigenvalue weighted by Gasteiger charge is 2.29. The maximum Gasteiger partial charge on any atom is 0.446 e. The van der Waals surface area contributed by atoms with Crippen LogP contribution in [0.15, 0.2) is 29.2 Å². The van der Waals surface area contributed by atoms with Gasteiger partial charge in [-0.15, -0.1) is 0 Å². The van der Waals surface area contributed by atoms with E-state index in [2.05, 4.69) is 0 Å². The Morgan fingerprint density at radius 2 is 1.87 bits per heavy atom. The fourth-order valence-corrected chi connectivity index (χ4v) is 1.90. The quantitative estimate of drug-likeness (QED) is 0.810. The molecule has 0 amide bonds. The molecular weight excluding hydrogens is 225 g/mol. The SMILES string of the molecule is OCCCc1ccccc1SC(F)(F)F. The van der Waals surface area contributed by atoms with Crippen molar-refractivity contribution in [1.29, 1.82) is 0 Å². The van der Waals surface area contributed by atoms with E-state index in [0.717, 1.165) is 0 Å². The van der Waals surface area contributed by atoms with Crippen LogP contribution in [0.1, 0.15) is 12.0 Å². The van der Waals surface area contributed by atoms with Gasteiger partial charge in [-0.25, -0.2) is 0 Å². The van der Waals surface area contributed by atoms with Crippen LogP contribution in [0.5, 0.6) is 0 Å². The molecule has 5 heteroatoms. The third-order valence-electron chi connectivity index (χ3n) is 1.80. The van der Waals surface area contributed by atoms with Crippen LogP contribution in [-0.2, 0) is 6.42 Å². The normalized spacial score (nSPS) is 11.7. The highest BCUT2D eigenvalue weighted by molar-refractivity contribution is 8.00. The van der Waals surface area contributed by atoms with E-state index >= 15 is 0 Å². The van der Waals surface area contributed by atoms with Crippen LogP contribution in [0, 0.1) is 0 Å². The van der Waals surface area contributed by atoms with E-state index in [1.807, 2.05) is 0 Å². The molecule has 1 nitrogen and oxygen atoms in total. The molecule has 0 aliphatic heterocycles. The van der Waals surface area contributed by atoms with Gasteiger partial charge >= 0.3 is 5.51 Å². The molecule has 1 rings (SSSR count). The Bertz CT molecular complexity index is 312. The summed E-state index contributed by atoms with van der Waals surface area (Å²) in [6.07, 6.45) is 0.950. The Balaban J connectivity index is 2.77. The number of hydrogen-bond acceptors (Lipinski definition) is 2. The van der Waals surface area contributed by atoms with E-state index in [4.69, 9.17) is 5.11 Å². The molecule has 0 radical (unpaired) electrons. The first kappa shape index (κ1) is 12.4. The Kier molecular flexibility index (Phi) is 4.47. The molecule has 0 heterocycles. The van der Waals surface area contributed by atoms with Gasteiger partial charge in [-0.05, 0) is 36.2 Å². The largest absolute Gasteiger partial charge is 0.446 e. The molecule has 0 atom stereocenters. The maximum absolute atomic E-state index is 12.2. The van der Waals surface area contributed by atoms with Crippen molar-refractivity contribution in [2.24, 2.45) is 0 Å². The zero-order valence-corrected chi connectivity index (χ0v) is 8.74. The molecule has 15 heavy (non-hydrogen) atoms. The Morgan fingerprint density at radius 1 is 1.20 bits per heavy atom. The lowest BCUT2D eigenvalue weighted by molar-refractivity contribution is -0.0328. The first-order valence-corrected chi connectivity index (χ1v) is 5.29. The van der Waals surface area contributed by atoms with Crippen LogP contribution < -0.4 is 0 Å². The lowest BCUT2D eigenvalue weighted by atomic mass is 10.1. The van der Waals surface area contributed by atoms with Crippen LogP contribution in [0.25, 0.3) is 0 Å². The molecule has 0 fully saturated rings. The number of aryl methyl sites for hydroxylation is 1. The fourth-order valence-electron chi connectivity index (χ4n) is 1.20. The van der Waals surface area contributed by atoms with Gasteiger partial charge in [0.1, 0.15) is 0 Å². The molecule has 1 aromatic carbocycles. The van der Waals surface area contributed by atoms with Gasteiger partial charge in [0.25, 0.3) is 0 Å². The molecule has 0 aromatic heterocycles. The predicted molar refractivity (Wildman–Crippen MR) is 53.8 cm³/mol. The number of aliphatic hydroxyl groups is 1. The molecule has 0 spiro atoms. The Labute approximate surface area is 90.3 Å². The molecule has 0 aliphatic rings. The van der Waals surface area contributed by atoms with Crippen LogP contribution in [-0.4, -0.2) is 17.2 Å². The second-order valence-electron chi connectivity index (χ2n) is 2.98. The molecule has 0 saturated carbocycles. The van der Waals surface area contributed by atoms with Crippen LogP contribution in [0.3, 0.4) is 0 Å². The molecular formula is C10H11F3OS. The average molecular weight is 236 g/mol. The highest BCUT2D eigenvalue weighted by atomic mass is 32.2. The minimum absolute atomic E-state index is 0.00891.